The van der Waals surface area contributed by atoms with Crippen LogP contribution in [0.2, 0.25) is 0 Å². The highest BCUT2D eigenvalue weighted by Crippen LogP contribution is 2.17. The number of carbonyl (C=O) groups excluding carboxylic acids is 2. The summed E-state index contributed by atoms with van der Waals surface area (Å²) in [5.74, 6) is -0.601. The first-order valence-electron chi connectivity index (χ1n) is 10.1. The van der Waals surface area contributed by atoms with Crippen molar-refractivity contribution in [3.63, 3.8) is 0 Å². The highest BCUT2D eigenvalue weighted by molar-refractivity contribution is 5.91. The van der Waals surface area contributed by atoms with Crippen LogP contribution in [0.25, 0.3) is 21.7 Å². The number of rotatable bonds is 7. The Morgan fingerprint density at radius 3 is 2.55 bits per heavy atom. The van der Waals surface area contributed by atoms with E-state index in [9.17, 15) is 14.4 Å². The number of carbonyl (C=O) groups is 2. The third kappa shape index (κ3) is 4.48. The average molecular weight is 417 g/mol. The molecular formula is C23H23N5O3. The molecule has 0 aliphatic rings. The lowest BCUT2D eigenvalue weighted by Gasteiger charge is -2.14. The Bertz CT molecular complexity index is 1310. The first-order valence-corrected chi connectivity index (χ1v) is 10.1. The summed E-state index contributed by atoms with van der Waals surface area (Å²) in [7, 11) is 0. The third-order valence-electron chi connectivity index (χ3n) is 5.24. The van der Waals surface area contributed by atoms with E-state index in [4.69, 9.17) is 0 Å². The van der Waals surface area contributed by atoms with E-state index >= 15 is 0 Å². The van der Waals surface area contributed by atoms with Gasteiger partial charge < -0.3 is 15.6 Å². The van der Waals surface area contributed by atoms with Gasteiger partial charge in [0.1, 0.15) is 6.04 Å². The zero-order chi connectivity index (χ0) is 21.8. The number of amides is 2. The Kier molecular flexibility index (Phi) is 5.79. The molecule has 1 atom stereocenters. The molecule has 4 rings (SSSR count). The van der Waals surface area contributed by atoms with Crippen molar-refractivity contribution < 1.29 is 9.59 Å². The van der Waals surface area contributed by atoms with Crippen LogP contribution in [0.5, 0.6) is 0 Å². The maximum absolute atomic E-state index is 12.4. The molecule has 8 nitrogen and oxygen atoms in total. The molecule has 2 aromatic heterocycles. The minimum atomic E-state index is -0.690. The Morgan fingerprint density at radius 1 is 1.03 bits per heavy atom. The number of hydrogen-bond acceptors (Lipinski definition) is 4. The lowest BCUT2D eigenvalue weighted by molar-refractivity contribution is -0.128. The van der Waals surface area contributed by atoms with E-state index in [1.54, 1.807) is 31.2 Å². The predicted molar refractivity (Wildman–Crippen MR) is 119 cm³/mol. The second kappa shape index (κ2) is 8.83. The van der Waals surface area contributed by atoms with Gasteiger partial charge in [0.15, 0.2) is 0 Å². The van der Waals surface area contributed by atoms with E-state index in [0.717, 1.165) is 16.5 Å². The standard InChI is InChI=1S/C23H23N5O3/c1-14(22(30)24-11-10-15-13-25-19-9-5-4-6-16(15)19)26-21(29)12-20-17-7-2-3-8-18(17)23(31)28-27-20/h2-9,13-14,25H,10-12H2,1H3,(H,24,30)(H,26,29)(H,28,31)/t14-/m0/s1. The molecule has 4 N–H and O–H groups in total. The third-order valence-corrected chi connectivity index (χ3v) is 5.24. The van der Waals surface area contributed by atoms with Gasteiger partial charge >= 0.3 is 0 Å². The second-order valence-electron chi connectivity index (χ2n) is 7.41. The number of benzene rings is 2. The number of para-hydroxylation sites is 1. The fraction of sp³-hybridized carbons (Fsp3) is 0.217. The van der Waals surface area contributed by atoms with E-state index < -0.39 is 6.04 Å². The molecule has 0 fully saturated rings. The summed E-state index contributed by atoms with van der Waals surface area (Å²) in [5.41, 5.74) is 2.35. The number of aromatic nitrogens is 3. The van der Waals surface area contributed by atoms with Crippen molar-refractivity contribution in [2.45, 2.75) is 25.8 Å². The molecule has 0 bridgehead atoms. The van der Waals surface area contributed by atoms with Crippen molar-refractivity contribution in [3.8, 4) is 0 Å². The maximum Gasteiger partial charge on any atom is 0.272 e. The van der Waals surface area contributed by atoms with Crippen molar-refractivity contribution in [1.82, 2.24) is 25.8 Å². The lowest BCUT2D eigenvalue weighted by Crippen LogP contribution is -2.45. The molecule has 8 heteroatoms. The molecule has 0 aliphatic carbocycles. The number of nitrogens with zero attached hydrogens (tertiary/aromatic N) is 1. The Balaban J connectivity index is 1.31. The van der Waals surface area contributed by atoms with Crippen LogP contribution < -0.4 is 16.2 Å². The van der Waals surface area contributed by atoms with Gasteiger partial charge in [0.2, 0.25) is 11.8 Å². The van der Waals surface area contributed by atoms with Crippen LogP contribution >= 0.6 is 0 Å². The van der Waals surface area contributed by atoms with Crippen LogP contribution in [0.1, 0.15) is 18.2 Å². The number of H-pyrrole nitrogens is 2. The number of fused-ring (bicyclic) bond motifs is 2. The molecule has 2 aromatic carbocycles. The molecule has 4 aromatic rings. The van der Waals surface area contributed by atoms with Gasteiger partial charge in [-0.2, -0.15) is 5.10 Å². The van der Waals surface area contributed by atoms with Gasteiger partial charge in [-0.1, -0.05) is 36.4 Å². The van der Waals surface area contributed by atoms with Gasteiger partial charge in [-0.15, -0.1) is 0 Å². The Hall–Kier alpha value is -3.94. The molecule has 0 radical (unpaired) electrons. The fourth-order valence-corrected chi connectivity index (χ4v) is 3.63. The van der Waals surface area contributed by atoms with Gasteiger partial charge in [-0.25, -0.2) is 5.10 Å². The molecule has 0 unspecified atom stereocenters. The normalized spacial score (nSPS) is 12.0. The molecule has 2 heterocycles. The zero-order valence-corrected chi connectivity index (χ0v) is 17.1. The quantitative estimate of drug-likeness (QED) is 0.367. The fourth-order valence-electron chi connectivity index (χ4n) is 3.63. The number of aromatic amines is 2. The van der Waals surface area contributed by atoms with Crippen LogP contribution in [-0.4, -0.2) is 39.6 Å². The molecular weight excluding hydrogens is 394 g/mol. The minimum absolute atomic E-state index is 0.0374. The van der Waals surface area contributed by atoms with Crippen LogP contribution in [-0.2, 0) is 22.4 Å². The monoisotopic (exact) mass is 417 g/mol. The highest BCUT2D eigenvalue weighted by Gasteiger charge is 2.17. The van der Waals surface area contributed by atoms with Crippen molar-refractivity contribution in [2.24, 2.45) is 0 Å². The molecule has 0 saturated carbocycles. The van der Waals surface area contributed by atoms with Gasteiger partial charge in [0.25, 0.3) is 5.56 Å². The van der Waals surface area contributed by atoms with Crippen molar-refractivity contribution in [2.75, 3.05) is 6.54 Å². The molecule has 0 aliphatic heterocycles. The Morgan fingerprint density at radius 2 is 1.74 bits per heavy atom. The van der Waals surface area contributed by atoms with Crippen LogP contribution in [0, 0.1) is 0 Å². The van der Waals surface area contributed by atoms with Crippen LogP contribution in [0.15, 0.2) is 59.5 Å². The summed E-state index contributed by atoms with van der Waals surface area (Å²) in [5, 5.41) is 14.2. The van der Waals surface area contributed by atoms with E-state index in [1.807, 2.05) is 30.5 Å². The first kappa shape index (κ1) is 20.3. The van der Waals surface area contributed by atoms with Crippen molar-refractivity contribution in [1.29, 1.82) is 0 Å². The smallest absolute Gasteiger partial charge is 0.272 e. The maximum atomic E-state index is 12.4. The minimum Gasteiger partial charge on any atom is -0.361 e. The van der Waals surface area contributed by atoms with Gasteiger partial charge in [0.05, 0.1) is 17.5 Å². The van der Waals surface area contributed by atoms with Gasteiger partial charge in [-0.3, -0.25) is 14.4 Å². The predicted octanol–water partition coefficient (Wildman–Crippen LogP) is 1.81. The van der Waals surface area contributed by atoms with Gasteiger partial charge in [0, 0.05) is 29.0 Å². The first-order chi connectivity index (χ1) is 15.0. The molecule has 0 spiro atoms. The van der Waals surface area contributed by atoms with Crippen LogP contribution in [0.4, 0.5) is 0 Å². The lowest BCUT2D eigenvalue weighted by atomic mass is 10.1. The van der Waals surface area contributed by atoms with E-state index in [1.165, 1.54) is 0 Å². The second-order valence-corrected chi connectivity index (χ2v) is 7.41. The van der Waals surface area contributed by atoms with E-state index in [-0.39, 0.29) is 23.8 Å². The largest absolute Gasteiger partial charge is 0.361 e. The summed E-state index contributed by atoms with van der Waals surface area (Å²) < 4.78 is 0. The highest BCUT2D eigenvalue weighted by atomic mass is 16.2. The van der Waals surface area contributed by atoms with Crippen molar-refractivity contribution in [3.05, 3.63) is 76.3 Å². The SMILES string of the molecule is C[C@H](NC(=O)Cc1n[nH]c(=O)c2ccccc12)C(=O)NCCc1c[nH]c2ccccc12. The summed E-state index contributed by atoms with van der Waals surface area (Å²) in [6, 6.07) is 14.3. The zero-order valence-electron chi connectivity index (χ0n) is 17.1. The van der Waals surface area contributed by atoms with Crippen molar-refractivity contribution >= 4 is 33.5 Å². The van der Waals surface area contributed by atoms with Gasteiger partial charge in [-0.05, 0) is 31.0 Å². The summed E-state index contributed by atoms with van der Waals surface area (Å²) in [4.78, 5) is 39.9. The summed E-state index contributed by atoms with van der Waals surface area (Å²) in [6.45, 7) is 2.10. The topological polar surface area (TPSA) is 120 Å². The summed E-state index contributed by atoms with van der Waals surface area (Å²) in [6.07, 6.45) is 2.59. The Labute approximate surface area is 178 Å². The summed E-state index contributed by atoms with van der Waals surface area (Å²) >= 11 is 0. The van der Waals surface area contributed by atoms with E-state index in [0.29, 0.717) is 29.4 Å². The van der Waals surface area contributed by atoms with Crippen LogP contribution in [0.3, 0.4) is 0 Å². The molecule has 2 amide bonds. The number of hydrogen-bond donors (Lipinski definition) is 4. The molecule has 0 saturated heterocycles. The molecule has 158 valence electrons. The number of nitrogens with one attached hydrogen (secondary N) is 4. The molecule has 31 heavy (non-hydrogen) atoms. The average Bonchev–Trinajstić information content (AvgIpc) is 3.19. The van der Waals surface area contributed by atoms with E-state index in [2.05, 4.69) is 25.8 Å².